The van der Waals surface area contributed by atoms with Gasteiger partial charge in [-0.05, 0) is 42.5 Å². The molecule has 1 heterocycles. The third kappa shape index (κ3) is 1.01. The Morgan fingerprint density at radius 1 is 1.36 bits per heavy atom. The van der Waals surface area contributed by atoms with Crippen LogP contribution in [0, 0.1) is 0 Å². The van der Waals surface area contributed by atoms with Gasteiger partial charge in [-0.2, -0.15) is 0 Å². The van der Waals surface area contributed by atoms with Gasteiger partial charge in [-0.1, -0.05) is 6.07 Å². The predicted molar refractivity (Wildman–Crippen MR) is 55.8 cm³/mol. The molecule has 3 rings (SSSR count). The Labute approximate surface area is 84.1 Å². The van der Waals surface area contributed by atoms with Crippen molar-refractivity contribution >= 4 is 0 Å². The molecule has 1 unspecified atom stereocenters. The van der Waals surface area contributed by atoms with Gasteiger partial charge < -0.3 is 10.5 Å². The number of aryl methyl sites for hydroxylation is 1. The Kier molecular flexibility index (Phi) is 1.77. The third-order valence-corrected chi connectivity index (χ3v) is 3.47. The lowest BCUT2D eigenvalue weighted by Gasteiger charge is -2.12. The molecule has 14 heavy (non-hydrogen) atoms. The van der Waals surface area contributed by atoms with Gasteiger partial charge in [0.2, 0.25) is 0 Å². The van der Waals surface area contributed by atoms with Crippen molar-refractivity contribution in [1.29, 1.82) is 0 Å². The molecule has 1 aliphatic carbocycles. The number of hydrogen-bond donors (Lipinski definition) is 1. The number of benzene rings is 1. The lowest BCUT2D eigenvalue weighted by molar-refractivity contribution is 0.357. The van der Waals surface area contributed by atoms with E-state index in [0.29, 0.717) is 5.92 Å². The molecule has 0 aromatic heterocycles. The highest BCUT2D eigenvalue weighted by atomic mass is 16.5. The van der Waals surface area contributed by atoms with Crippen LogP contribution in [0.2, 0.25) is 0 Å². The summed E-state index contributed by atoms with van der Waals surface area (Å²) in [7, 11) is 0. The van der Waals surface area contributed by atoms with Crippen LogP contribution >= 0.6 is 0 Å². The normalized spacial score (nSPS) is 23.1. The van der Waals surface area contributed by atoms with Gasteiger partial charge in [-0.15, -0.1) is 0 Å². The molecule has 0 radical (unpaired) electrons. The molecular formula is C12H15NO. The molecule has 0 saturated heterocycles. The molecule has 1 aliphatic heterocycles. The Morgan fingerprint density at radius 3 is 3.14 bits per heavy atom. The van der Waals surface area contributed by atoms with E-state index in [1.54, 1.807) is 0 Å². The van der Waals surface area contributed by atoms with Gasteiger partial charge in [0.25, 0.3) is 0 Å². The van der Waals surface area contributed by atoms with Crippen molar-refractivity contribution in [3.63, 3.8) is 0 Å². The van der Waals surface area contributed by atoms with Gasteiger partial charge >= 0.3 is 0 Å². The monoisotopic (exact) mass is 189 g/mol. The number of nitrogens with two attached hydrogens (primary N) is 1. The van der Waals surface area contributed by atoms with Crippen LogP contribution in [-0.2, 0) is 12.8 Å². The zero-order valence-corrected chi connectivity index (χ0v) is 8.25. The maximum Gasteiger partial charge on any atom is 0.122 e. The second-order valence-corrected chi connectivity index (χ2v) is 4.18. The third-order valence-electron chi connectivity index (χ3n) is 3.47. The maximum atomic E-state index is 5.80. The predicted octanol–water partition coefficient (Wildman–Crippen LogP) is 1.61. The minimum absolute atomic E-state index is 0.585. The summed E-state index contributed by atoms with van der Waals surface area (Å²) in [5, 5.41) is 0. The second-order valence-electron chi connectivity index (χ2n) is 4.18. The molecule has 1 atom stereocenters. The van der Waals surface area contributed by atoms with Crippen LogP contribution in [0.1, 0.15) is 29.0 Å². The molecule has 2 heteroatoms. The molecule has 0 amide bonds. The first-order valence-corrected chi connectivity index (χ1v) is 5.37. The van der Waals surface area contributed by atoms with E-state index in [1.807, 2.05) is 0 Å². The average Bonchev–Trinajstić information content (AvgIpc) is 2.82. The fourth-order valence-electron chi connectivity index (χ4n) is 2.79. The van der Waals surface area contributed by atoms with Crippen molar-refractivity contribution in [2.24, 2.45) is 5.73 Å². The molecule has 1 aromatic carbocycles. The van der Waals surface area contributed by atoms with Crippen LogP contribution in [0.5, 0.6) is 5.75 Å². The van der Waals surface area contributed by atoms with E-state index in [9.17, 15) is 0 Å². The zero-order valence-electron chi connectivity index (χ0n) is 8.25. The Hall–Kier alpha value is -1.02. The standard InChI is InChI=1S/C12H15NO/c13-7-9-2-1-8-3-4-11-10(12(8)9)5-6-14-11/h3-4,9H,1-2,5-7,13H2. The van der Waals surface area contributed by atoms with Gasteiger partial charge in [0.15, 0.2) is 0 Å². The molecule has 2 nitrogen and oxygen atoms in total. The van der Waals surface area contributed by atoms with Crippen molar-refractivity contribution < 1.29 is 4.74 Å². The van der Waals surface area contributed by atoms with Gasteiger partial charge in [-0.3, -0.25) is 0 Å². The lowest BCUT2D eigenvalue weighted by Crippen LogP contribution is -2.10. The molecule has 2 N–H and O–H groups in total. The summed E-state index contributed by atoms with van der Waals surface area (Å²) in [5.41, 5.74) is 10.3. The van der Waals surface area contributed by atoms with Crippen LogP contribution in [0.25, 0.3) is 0 Å². The van der Waals surface area contributed by atoms with Gasteiger partial charge in [-0.25, -0.2) is 0 Å². The first kappa shape index (κ1) is 8.30. The quantitative estimate of drug-likeness (QED) is 0.728. The van der Waals surface area contributed by atoms with Crippen molar-refractivity contribution in [2.45, 2.75) is 25.2 Å². The average molecular weight is 189 g/mol. The summed E-state index contributed by atoms with van der Waals surface area (Å²) in [5.74, 6) is 1.69. The lowest BCUT2D eigenvalue weighted by atomic mass is 9.94. The number of hydrogen-bond acceptors (Lipinski definition) is 2. The highest BCUT2D eigenvalue weighted by molar-refractivity contribution is 5.51. The molecule has 0 spiro atoms. The Bertz CT molecular complexity index is 373. The summed E-state index contributed by atoms with van der Waals surface area (Å²) in [4.78, 5) is 0. The van der Waals surface area contributed by atoms with Gasteiger partial charge in [0.05, 0.1) is 6.61 Å². The van der Waals surface area contributed by atoms with E-state index >= 15 is 0 Å². The summed E-state index contributed by atoms with van der Waals surface area (Å²) in [6.45, 7) is 1.63. The smallest absolute Gasteiger partial charge is 0.122 e. The molecule has 2 aliphatic rings. The van der Waals surface area contributed by atoms with E-state index in [1.165, 1.54) is 29.5 Å². The van der Waals surface area contributed by atoms with Crippen LogP contribution in [-0.4, -0.2) is 13.2 Å². The largest absolute Gasteiger partial charge is 0.493 e. The zero-order chi connectivity index (χ0) is 9.54. The second kappa shape index (κ2) is 2.99. The van der Waals surface area contributed by atoms with Crippen molar-refractivity contribution in [3.8, 4) is 5.75 Å². The Balaban J connectivity index is 2.16. The summed E-state index contributed by atoms with van der Waals surface area (Å²) >= 11 is 0. The van der Waals surface area contributed by atoms with E-state index < -0.39 is 0 Å². The first-order valence-electron chi connectivity index (χ1n) is 5.37. The van der Waals surface area contributed by atoms with Gasteiger partial charge in [0.1, 0.15) is 5.75 Å². The minimum Gasteiger partial charge on any atom is -0.493 e. The van der Waals surface area contributed by atoms with E-state index in [0.717, 1.165) is 25.3 Å². The molecule has 0 bridgehead atoms. The minimum atomic E-state index is 0.585. The Morgan fingerprint density at radius 2 is 2.29 bits per heavy atom. The van der Waals surface area contributed by atoms with E-state index in [4.69, 9.17) is 10.5 Å². The SMILES string of the molecule is NCC1CCc2ccc3c(c21)CCO3. The fraction of sp³-hybridized carbons (Fsp3) is 0.500. The summed E-state index contributed by atoms with van der Waals surface area (Å²) in [6.07, 6.45) is 3.50. The van der Waals surface area contributed by atoms with Crippen LogP contribution < -0.4 is 10.5 Å². The topological polar surface area (TPSA) is 35.2 Å². The molecule has 1 aromatic rings. The highest BCUT2D eigenvalue weighted by Crippen LogP contribution is 2.41. The molecule has 0 saturated carbocycles. The summed E-state index contributed by atoms with van der Waals surface area (Å²) in [6, 6.07) is 4.34. The van der Waals surface area contributed by atoms with Crippen molar-refractivity contribution in [1.82, 2.24) is 0 Å². The summed E-state index contributed by atoms with van der Waals surface area (Å²) < 4.78 is 5.58. The van der Waals surface area contributed by atoms with Crippen molar-refractivity contribution in [3.05, 3.63) is 28.8 Å². The van der Waals surface area contributed by atoms with Crippen molar-refractivity contribution in [2.75, 3.05) is 13.2 Å². The number of ether oxygens (including phenoxy) is 1. The fourth-order valence-corrected chi connectivity index (χ4v) is 2.79. The number of fused-ring (bicyclic) bond motifs is 3. The maximum absolute atomic E-state index is 5.80. The molecule has 0 fully saturated rings. The van der Waals surface area contributed by atoms with Crippen LogP contribution in [0.4, 0.5) is 0 Å². The van der Waals surface area contributed by atoms with Crippen LogP contribution in [0.15, 0.2) is 12.1 Å². The number of rotatable bonds is 1. The van der Waals surface area contributed by atoms with E-state index in [2.05, 4.69) is 12.1 Å². The van der Waals surface area contributed by atoms with Gasteiger partial charge in [0, 0.05) is 12.0 Å². The molecule has 74 valence electrons. The molecular weight excluding hydrogens is 174 g/mol. The van der Waals surface area contributed by atoms with E-state index in [-0.39, 0.29) is 0 Å². The van der Waals surface area contributed by atoms with Crippen LogP contribution in [0.3, 0.4) is 0 Å². The highest BCUT2D eigenvalue weighted by Gasteiger charge is 2.28. The first-order chi connectivity index (χ1) is 6.90.